The molecule has 1 aliphatic carbocycles. The Balaban J connectivity index is 1.86. The van der Waals surface area contributed by atoms with Crippen molar-refractivity contribution in [2.24, 2.45) is 0 Å². The number of hydrogen-bond acceptors (Lipinski definition) is 3. The number of benzene rings is 1. The average Bonchev–Trinajstić information content (AvgIpc) is 2.92. The van der Waals surface area contributed by atoms with Gasteiger partial charge in [0, 0.05) is 22.9 Å². The predicted octanol–water partition coefficient (Wildman–Crippen LogP) is 4.37. The van der Waals surface area contributed by atoms with Crippen molar-refractivity contribution in [3.05, 3.63) is 40.7 Å². The first-order valence-corrected chi connectivity index (χ1v) is 8.56. The Hall–Kier alpha value is -1.26. The van der Waals surface area contributed by atoms with E-state index in [1.807, 2.05) is 12.1 Å². The normalized spacial score (nSPS) is 17.7. The number of halogens is 1. The summed E-state index contributed by atoms with van der Waals surface area (Å²) in [7, 11) is 0. The van der Waals surface area contributed by atoms with Crippen LogP contribution in [0.25, 0.3) is 10.6 Å². The highest BCUT2D eigenvalue weighted by Crippen LogP contribution is 2.38. The Morgan fingerprint density at radius 1 is 1.38 bits per heavy atom. The molecule has 2 nitrogen and oxygen atoms in total. The lowest BCUT2D eigenvalue weighted by atomic mass is 9.91. The summed E-state index contributed by atoms with van der Waals surface area (Å²) in [6.07, 6.45) is 4.64. The minimum Gasteiger partial charge on any atom is -0.316 e. The maximum atomic E-state index is 13.9. The molecule has 0 bridgehead atoms. The highest BCUT2D eigenvalue weighted by molar-refractivity contribution is 7.15. The molecule has 112 valence electrons. The van der Waals surface area contributed by atoms with Gasteiger partial charge in [-0.25, -0.2) is 9.37 Å². The van der Waals surface area contributed by atoms with Crippen molar-refractivity contribution in [1.29, 1.82) is 0 Å². The van der Waals surface area contributed by atoms with Crippen molar-refractivity contribution in [2.75, 3.05) is 13.1 Å². The summed E-state index contributed by atoms with van der Waals surface area (Å²) in [5.41, 5.74) is 1.84. The monoisotopic (exact) mass is 304 g/mol. The smallest absolute Gasteiger partial charge is 0.133 e. The first-order chi connectivity index (χ1) is 10.3. The van der Waals surface area contributed by atoms with Gasteiger partial charge in [0.2, 0.25) is 0 Å². The Morgan fingerprint density at radius 2 is 2.24 bits per heavy atom. The molecule has 0 fully saturated rings. The van der Waals surface area contributed by atoms with E-state index < -0.39 is 0 Å². The Bertz CT molecular complexity index is 609. The van der Waals surface area contributed by atoms with Crippen LogP contribution in [0.15, 0.2) is 24.3 Å². The van der Waals surface area contributed by atoms with Crippen LogP contribution in [0.3, 0.4) is 0 Å². The summed E-state index contributed by atoms with van der Waals surface area (Å²) >= 11 is 1.67. The molecule has 2 aromatic rings. The van der Waals surface area contributed by atoms with Crippen molar-refractivity contribution < 1.29 is 4.39 Å². The van der Waals surface area contributed by atoms with Crippen LogP contribution in [0, 0.1) is 5.82 Å². The molecule has 1 atom stereocenters. The van der Waals surface area contributed by atoms with E-state index in [4.69, 9.17) is 4.98 Å². The van der Waals surface area contributed by atoms with Crippen LogP contribution in [-0.4, -0.2) is 18.1 Å². The van der Waals surface area contributed by atoms with Gasteiger partial charge in [0.1, 0.15) is 10.8 Å². The Labute approximate surface area is 129 Å². The molecule has 1 aromatic carbocycles. The summed E-state index contributed by atoms with van der Waals surface area (Å²) in [5, 5.41) is 4.33. The van der Waals surface area contributed by atoms with Crippen LogP contribution in [0.4, 0.5) is 4.39 Å². The highest BCUT2D eigenvalue weighted by atomic mass is 32.1. The molecule has 4 heteroatoms. The number of thiazole rings is 1. The number of fused-ring (bicyclic) bond motifs is 1. The second-order valence-electron chi connectivity index (χ2n) is 5.60. The van der Waals surface area contributed by atoms with Gasteiger partial charge in [-0.05, 0) is 44.4 Å². The van der Waals surface area contributed by atoms with E-state index in [0.717, 1.165) is 30.9 Å². The molecule has 0 spiro atoms. The molecule has 1 N–H and O–H groups in total. The predicted molar refractivity (Wildman–Crippen MR) is 86.3 cm³/mol. The zero-order valence-corrected chi connectivity index (χ0v) is 13.2. The van der Waals surface area contributed by atoms with Crippen LogP contribution >= 0.6 is 11.3 Å². The molecule has 1 aromatic heterocycles. The van der Waals surface area contributed by atoms with Crippen LogP contribution < -0.4 is 5.32 Å². The fraction of sp³-hybridized carbons (Fsp3) is 0.471. The summed E-state index contributed by atoms with van der Waals surface area (Å²) in [6.45, 7) is 4.22. The fourth-order valence-electron chi connectivity index (χ4n) is 2.91. The van der Waals surface area contributed by atoms with Gasteiger partial charge >= 0.3 is 0 Å². The number of aryl methyl sites for hydroxylation is 1. The molecule has 0 radical (unpaired) electrons. The summed E-state index contributed by atoms with van der Waals surface area (Å²) in [6, 6.07) is 6.93. The molecular weight excluding hydrogens is 283 g/mol. The lowest BCUT2D eigenvalue weighted by Gasteiger charge is -2.21. The van der Waals surface area contributed by atoms with E-state index >= 15 is 0 Å². The van der Waals surface area contributed by atoms with Gasteiger partial charge < -0.3 is 5.32 Å². The van der Waals surface area contributed by atoms with Crippen LogP contribution in [0.5, 0.6) is 0 Å². The highest BCUT2D eigenvalue weighted by Gasteiger charge is 2.25. The quantitative estimate of drug-likeness (QED) is 0.830. The third-order valence-electron chi connectivity index (χ3n) is 3.99. The molecule has 0 amide bonds. The number of nitrogens with zero attached hydrogens (tertiary/aromatic N) is 1. The molecule has 0 saturated heterocycles. The second-order valence-corrected chi connectivity index (χ2v) is 6.68. The van der Waals surface area contributed by atoms with E-state index in [9.17, 15) is 4.39 Å². The molecule has 1 aliphatic rings. The zero-order valence-electron chi connectivity index (χ0n) is 12.4. The van der Waals surface area contributed by atoms with Gasteiger partial charge in [-0.15, -0.1) is 11.3 Å². The van der Waals surface area contributed by atoms with Crippen molar-refractivity contribution >= 4 is 11.3 Å². The fourth-order valence-corrected chi connectivity index (χ4v) is 4.13. The van der Waals surface area contributed by atoms with Gasteiger partial charge in [-0.2, -0.15) is 0 Å². The molecule has 0 saturated carbocycles. The summed E-state index contributed by atoms with van der Waals surface area (Å²) < 4.78 is 13.9. The van der Waals surface area contributed by atoms with Crippen molar-refractivity contribution in [3.8, 4) is 10.6 Å². The van der Waals surface area contributed by atoms with Crippen molar-refractivity contribution in [1.82, 2.24) is 10.3 Å². The number of nitrogens with one attached hydrogen (secondary N) is 1. The van der Waals surface area contributed by atoms with E-state index in [-0.39, 0.29) is 5.82 Å². The number of rotatable bonds is 5. The van der Waals surface area contributed by atoms with E-state index in [1.165, 1.54) is 29.5 Å². The molecule has 21 heavy (non-hydrogen) atoms. The largest absolute Gasteiger partial charge is 0.316 e. The van der Waals surface area contributed by atoms with Gasteiger partial charge in [0.05, 0.1) is 5.69 Å². The second kappa shape index (κ2) is 6.67. The maximum absolute atomic E-state index is 13.9. The topological polar surface area (TPSA) is 24.9 Å². The zero-order chi connectivity index (χ0) is 14.7. The Kier molecular flexibility index (Phi) is 4.66. The molecule has 3 rings (SSSR count). The third kappa shape index (κ3) is 3.16. The first-order valence-electron chi connectivity index (χ1n) is 7.74. The van der Waals surface area contributed by atoms with Crippen molar-refractivity contribution in [2.45, 2.75) is 38.5 Å². The lowest BCUT2D eigenvalue weighted by Crippen LogP contribution is -2.24. The summed E-state index contributed by atoms with van der Waals surface area (Å²) in [4.78, 5) is 6.13. The minimum atomic E-state index is -0.177. The average molecular weight is 304 g/mol. The Morgan fingerprint density at radius 3 is 3.05 bits per heavy atom. The minimum absolute atomic E-state index is 0.177. The van der Waals surface area contributed by atoms with E-state index in [1.54, 1.807) is 17.4 Å². The van der Waals surface area contributed by atoms with Crippen LogP contribution in [0.2, 0.25) is 0 Å². The van der Waals surface area contributed by atoms with Gasteiger partial charge in [0.15, 0.2) is 0 Å². The number of aromatic nitrogens is 1. The van der Waals surface area contributed by atoms with Crippen LogP contribution in [-0.2, 0) is 6.42 Å². The van der Waals surface area contributed by atoms with Gasteiger partial charge in [-0.1, -0.05) is 19.1 Å². The van der Waals surface area contributed by atoms with Gasteiger partial charge in [0.25, 0.3) is 0 Å². The summed E-state index contributed by atoms with van der Waals surface area (Å²) in [5.74, 6) is 0.307. The van der Waals surface area contributed by atoms with E-state index in [2.05, 4.69) is 12.2 Å². The first kappa shape index (κ1) is 14.7. The van der Waals surface area contributed by atoms with Crippen LogP contribution in [0.1, 0.15) is 42.7 Å². The van der Waals surface area contributed by atoms with Gasteiger partial charge in [-0.3, -0.25) is 0 Å². The lowest BCUT2D eigenvalue weighted by molar-refractivity contribution is 0.502. The molecule has 0 aliphatic heterocycles. The number of hydrogen-bond donors (Lipinski definition) is 1. The molecule has 1 heterocycles. The van der Waals surface area contributed by atoms with E-state index in [0.29, 0.717) is 11.5 Å². The molecular formula is C17H21FN2S. The molecule has 1 unspecified atom stereocenters. The SMILES string of the molecule is CCCNCC1CCCc2sc(-c3ccccc3F)nc21. The standard InChI is InChI=1S/C17H21FN2S/c1-2-10-19-11-12-6-5-9-15-16(12)20-17(21-15)13-7-3-4-8-14(13)18/h3-4,7-8,12,19H,2,5-6,9-11H2,1H3. The maximum Gasteiger partial charge on any atom is 0.133 e. The third-order valence-corrected chi connectivity index (χ3v) is 5.16. The van der Waals surface area contributed by atoms with Crippen molar-refractivity contribution in [3.63, 3.8) is 0 Å².